The fraction of sp³-hybridized carbons (Fsp3) is 0.294. The van der Waals surface area contributed by atoms with Crippen LogP contribution in [0.15, 0.2) is 48.5 Å². The van der Waals surface area contributed by atoms with Crippen molar-refractivity contribution >= 4 is 17.1 Å². The van der Waals surface area contributed by atoms with Crippen molar-refractivity contribution < 1.29 is 0 Å². The maximum atomic E-state index is 6.02. The quantitative estimate of drug-likeness (QED) is 0.808. The van der Waals surface area contributed by atoms with E-state index in [0.717, 1.165) is 17.1 Å². The van der Waals surface area contributed by atoms with Crippen LogP contribution < -0.4 is 10.6 Å². The summed E-state index contributed by atoms with van der Waals surface area (Å²) in [5.74, 6) is 0. The van der Waals surface area contributed by atoms with Crippen LogP contribution in [0.3, 0.4) is 0 Å². The summed E-state index contributed by atoms with van der Waals surface area (Å²) in [5.41, 5.74) is 10.5. The summed E-state index contributed by atoms with van der Waals surface area (Å²) in [5, 5.41) is 0. The summed E-state index contributed by atoms with van der Waals surface area (Å²) < 4.78 is 0. The van der Waals surface area contributed by atoms with Gasteiger partial charge < -0.3 is 10.6 Å². The molecule has 0 unspecified atom stereocenters. The third-order valence-corrected chi connectivity index (χ3v) is 3.42. The Hall–Kier alpha value is -1.96. The van der Waals surface area contributed by atoms with E-state index in [9.17, 15) is 0 Å². The Bertz CT molecular complexity index is 550. The lowest BCUT2D eigenvalue weighted by Gasteiger charge is -2.23. The monoisotopic (exact) mass is 254 g/mol. The van der Waals surface area contributed by atoms with E-state index in [2.05, 4.69) is 49.9 Å². The number of hydrogen-bond acceptors (Lipinski definition) is 2. The zero-order chi connectivity index (χ0) is 14.0. The maximum absolute atomic E-state index is 6.02. The van der Waals surface area contributed by atoms with Crippen molar-refractivity contribution in [3.63, 3.8) is 0 Å². The van der Waals surface area contributed by atoms with E-state index < -0.39 is 0 Å². The molecular formula is C17H22N2. The molecule has 0 bridgehead atoms. The number of nitrogen functional groups attached to an aromatic ring is 1. The third kappa shape index (κ3) is 2.90. The number of hydrogen-bond donors (Lipinski definition) is 1. The molecule has 2 N–H and O–H groups in total. The normalized spacial score (nSPS) is 11.4. The fourth-order valence-electron chi connectivity index (χ4n) is 2.12. The predicted molar refractivity (Wildman–Crippen MR) is 84.1 cm³/mol. The number of benzene rings is 2. The summed E-state index contributed by atoms with van der Waals surface area (Å²) in [7, 11) is 2.04. The standard InChI is InChI=1S/C17H22N2/c1-17(2,3)13-9-11-14(12-10-13)19(4)16-8-6-5-7-15(16)18/h5-12H,18H2,1-4H3. The first-order valence-electron chi connectivity index (χ1n) is 6.58. The maximum Gasteiger partial charge on any atom is 0.0641 e. The minimum atomic E-state index is 0.183. The SMILES string of the molecule is CN(c1ccc(C(C)(C)C)cc1)c1ccccc1N. The van der Waals surface area contributed by atoms with Gasteiger partial charge in [-0.3, -0.25) is 0 Å². The van der Waals surface area contributed by atoms with Crippen molar-refractivity contribution in [3.05, 3.63) is 54.1 Å². The molecule has 100 valence electrons. The number of nitrogens with two attached hydrogens (primary N) is 1. The van der Waals surface area contributed by atoms with Gasteiger partial charge in [-0.15, -0.1) is 0 Å². The topological polar surface area (TPSA) is 29.3 Å². The summed E-state index contributed by atoms with van der Waals surface area (Å²) in [6.45, 7) is 6.67. The van der Waals surface area contributed by atoms with E-state index >= 15 is 0 Å². The molecule has 2 rings (SSSR count). The van der Waals surface area contributed by atoms with Gasteiger partial charge in [-0.05, 0) is 35.2 Å². The largest absolute Gasteiger partial charge is 0.397 e. The predicted octanol–water partition coefficient (Wildman–Crippen LogP) is 4.33. The molecule has 0 spiro atoms. The van der Waals surface area contributed by atoms with Crippen molar-refractivity contribution in [2.75, 3.05) is 17.7 Å². The molecule has 0 aliphatic rings. The van der Waals surface area contributed by atoms with Crippen LogP contribution in [0.2, 0.25) is 0 Å². The average Bonchev–Trinajstić information content (AvgIpc) is 2.38. The van der Waals surface area contributed by atoms with Gasteiger partial charge in [0.2, 0.25) is 0 Å². The van der Waals surface area contributed by atoms with Crippen LogP contribution in [-0.4, -0.2) is 7.05 Å². The summed E-state index contributed by atoms with van der Waals surface area (Å²) in [4.78, 5) is 2.11. The van der Waals surface area contributed by atoms with Crippen LogP contribution in [0.25, 0.3) is 0 Å². The van der Waals surface area contributed by atoms with E-state index in [1.54, 1.807) is 0 Å². The number of nitrogens with zero attached hydrogens (tertiary/aromatic N) is 1. The minimum Gasteiger partial charge on any atom is -0.397 e. The van der Waals surface area contributed by atoms with Gasteiger partial charge in [0, 0.05) is 12.7 Å². The molecule has 0 atom stereocenters. The lowest BCUT2D eigenvalue weighted by molar-refractivity contribution is 0.590. The van der Waals surface area contributed by atoms with Crippen molar-refractivity contribution in [1.82, 2.24) is 0 Å². The van der Waals surface area contributed by atoms with Gasteiger partial charge in [-0.1, -0.05) is 45.0 Å². The Labute approximate surface area is 115 Å². The first-order valence-corrected chi connectivity index (χ1v) is 6.58. The summed E-state index contributed by atoms with van der Waals surface area (Å²) in [6, 6.07) is 16.6. The molecule has 0 amide bonds. The molecule has 0 aliphatic carbocycles. The second-order valence-electron chi connectivity index (χ2n) is 5.91. The molecule has 2 nitrogen and oxygen atoms in total. The Balaban J connectivity index is 2.31. The number of para-hydroxylation sites is 2. The van der Waals surface area contributed by atoms with Crippen LogP contribution in [0.5, 0.6) is 0 Å². The molecular weight excluding hydrogens is 232 g/mol. The van der Waals surface area contributed by atoms with Gasteiger partial charge in [0.1, 0.15) is 0 Å². The van der Waals surface area contributed by atoms with Crippen molar-refractivity contribution in [2.24, 2.45) is 0 Å². The minimum absolute atomic E-state index is 0.183. The van der Waals surface area contributed by atoms with E-state index in [-0.39, 0.29) is 5.41 Å². The third-order valence-electron chi connectivity index (χ3n) is 3.42. The average molecular weight is 254 g/mol. The van der Waals surface area contributed by atoms with Crippen LogP contribution in [-0.2, 0) is 5.41 Å². The highest BCUT2D eigenvalue weighted by Gasteiger charge is 2.14. The van der Waals surface area contributed by atoms with Crippen molar-refractivity contribution in [3.8, 4) is 0 Å². The van der Waals surface area contributed by atoms with Crippen molar-refractivity contribution in [2.45, 2.75) is 26.2 Å². The van der Waals surface area contributed by atoms with Gasteiger partial charge in [-0.2, -0.15) is 0 Å². The smallest absolute Gasteiger partial charge is 0.0641 e. The lowest BCUT2D eigenvalue weighted by Crippen LogP contribution is -2.13. The molecule has 0 heterocycles. The molecule has 0 saturated heterocycles. The molecule has 0 radical (unpaired) electrons. The highest BCUT2D eigenvalue weighted by Crippen LogP contribution is 2.30. The van der Waals surface area contributed by atoms with E-state index in [1.165, 1.54) is 5.56 Å². The van der Waals surface area contributed by atoms with Gasteiger partial charge in [0.15, 0.2) is 0 Å². The molecule has 2 aromatic carbocycles. The van der Waals surface area contributed by atoms with Gasteiger partial charge in [0.05, 0.1) is 11.4 Å². The first-order chi connectivity index (χ1) is 8.89. The molecule has 0 saturated carbocycles. The summed E-state index contributed by atoms with van der Waals surface area (Å²) >= 11 is 0. The summed E-state index contributed by atoms with van der Waals surface area (Å²) in [6.07, 6.45) is 0. The molecule has 19 heavy (non-hydrogen) atoms. The van der Waals surface area contributed by atoms with Crippen LogP contribution in [0, 0.1) is 0 Å². The first kappa shape index (κ1) is 13.5. The zero-order valence-corrected chi connectivity index (χ0v) is 12.1. The molecule has 2 heteroatoms. The van der Waals surface area contributed by atoms with E-state index in [1.807, 2.05) is 31.3 Å². The zero-order valence-electron chi connectivity index (χ0n) is 12.1. The van der Waals surface area contributed by atoms with Gasteiger partial charge in [0.25, 0.3) is 0 Å². The van der Waals surface area contributed by atoms with Crippen LogP contribution >= 0.6 is 0 Å². The number of anilines is 3. The fourth-order valence-corrected chi connectivity index (χ4v) is 2.12. The van der Waals surface area contributed by atoms with E-state index in [4.69, 9.17) is 5.73 Å². The second-order valence-corrected chi connectivity index (χ2v) is 5.91. The van der Waals surface area contributed by atoms with Crippen LogP contribution in [0.1, 0.15) is 26.3 Å². The Morgan fingerprint density at radius 3 is 2.00 bits per heavy atom. The van der Waals surface area contributed by atoms with Crippen LogP contribution in [0.4, 0.5) is 17.1 Å². The molecule has 0 fully saturated rings. The number of rotatable bonds is 2. The molecule has 0 aromatic heterocycles. The van der Waals surface area contributed by atoms with Crippen molar-refractivity contribution in [1.29, 1.82) is 0 Å². The van der Waals surface area contributed by atoms with Gasteiger partial charge >= 0.3 is 0 Å². The Morgan fingerprint density at radius 2 is 1.47 bits per heavy atom. The van der Waals surface area contributed by atoms with Gasteiger partial charge in [-0.25, -0.2) is 0 Å². The Morgan fingerprint density at radius 1 is 0.895 bits per heavy atom. The lowest BCUT2D eigenvalue weighted by atomic mass is 9.87. The Kier molecular flexibility index (Phi) is 3.52. The molecule has 0 aliphatic heterocycles. The molecule has 2 aromatic rings. The second kappa shape index (κ2) is 4.96. The van der Waals surface area contributed by atoms with E-state index in [0.29, 0.717) is 0 Å². The highest BCUT2D eigenvalue weighted by molar-refractivity contribution is 5.74. The highest BCUT2D eigenvalue weighted by atomic mass is 15.1.